The first-order valence-electron chi connectivity index (χ1n) is 13.8. The van der Waals surface area contributed by atoms with E-state index < -0.39 is 34.3 Å². The van der Waals surface area contributed by atoms with Crippen LogP contribution in [0.15, 0.2) is 48.5 Å². The van der Waals surface area contributed by atoms with Gasteiger partial charge in [-0.15, -0.1) is 10.2 Å². The first-order chi connectivity index (χ1) is 20.9. The normalized spacial score (nSPS) is 14.3. The zero-order chi connectivity index (χ0) is 31.9. The number of aromatic nitrogens is 2. The minimum atomic E-state index is -4.66. The number of alkyl halides is 3. The van der Waals surface area contributed by atoms with E-state index in [1.165, 1.54) is 12.1 Å². The van der Waals surface area contributed by atoms with E-state index in [1.807, 2.05) is 48.2 Å². The third-order valence-electron chi connectivity index (χ3n) is 6.95. The number of carbonyl (C=O) groups excluding carboxylic acids is 1. The van der Waals surface area contributed by atoms with Crippen molar-refractivity contribution in [3.05, 3.63) is 59.8 Å². The molecule has 4 rings (SSSR count). The summed E-state index contributed by atoms with van der Waals surface area (Å²) in [4.78, 5) is 16.4. The Kier molecular flexibility index (Phi) is 10.5. The van der Waals surface area contributed by atoms with Gasteiger partial charge in [-0.05, 0) is 54.4 Å². The van der Waals surface area contributed by atoms with Crippen LogP contribution < -0.4 is 23.8 Å². The molecule has 15 heteroatoms. The van der Waals surface area contributed by atoms with Gasteiger partial charge in [0.2, 0.25) is 10.0 Å². The molecule has 11 nitrogen and oxygen atoms in total. The van der Waals surface area contributed by atoms with Crippen LogP contribution in [0.25, 0.3) is 11.1 Å². The van der Waals surface area contributed by atoms with Gasteiger partial charge in [0, 0.05) is 32.7 Å². The van der Waals surface area contributed by atoms with E-state index in [-0.39, 0.29) is 5.69 Å². The standard InChI is InChI=1S/C29H34F3N5O6S/c1-4-43-22-7-5-6-20(16-22)21-17-25(41-2)23(26(18-21)42-3)19-36-11-13-37(14-12-36)27-9-8-24(33-34-27)28(38)35-44(39,40)15-10-29(30,31)32/h5-9,16-18H,4,10-15,19H2,1-3H3,(H,35,38). The number of ether oxygens (including phenoxy) is 3. The Morgan fingerprint density at radius 1 is 0.955 bits per heavy atom. The Morgan fingerprint density at radius 2 is 1.64 bits per heavy atom. The highest BCUT2D eigenvalue weighted by atomic mass is 32.2. The number of nitrogens with zero attached hydrogens (tertiary/aromatic N) is 4. The second-order valence-electron chi connectivity index (χ2n) is 9.98. The molecule has 1 aliphatic heterocycles. The summed E-state index contributed by atoms with van der Waals surface area (Å²) in [5.74, 6) is 0.247. The predicted molar refractivity (Wildman–Crippen MR) is 158 cm³/mol. The Labute approximate surface area is 254 Å². The molecule has 0 unspecified atom stereocenters. The topological polar surface area (TPSA) is 123 Å². The number of nitrogens with one attached hydrogen (secondary N) is 1. The second-order valence-corrected chi connectivity index (χ2v) is 11.8. The number of benzene rings is 2. The summed E-state index contributed by atoms with van der Waals surface area (Å²) < 4.78 is 79.5. The number of halogens is 3. The number of rotatable bonds is 12. The van der Waals surface area contributed by atoms with Crippen molar-refractivity contribution in [2.45, 2.75) is 26.1 Å². The molecule has 44 heavy (non-hydrogen) atoms. The van der Waals surface area contributed by atoms with Gasteiger partial charge < -0.3 is 19.1 Å². The highest BCUT2D eigenvalue weighted by Crippen LogP contribution is 2.37. The predicted octanol–water partition coefficient (Wildman–Crippen LogP) is 3.89. The molecule has 0 radical (unpaired) electrons. The number of sulfonamides is 1. The molecule has 2 aromatic carbocycles. The van der Waals surface area contributed by atoms with Crippen molar-refractivity contribution in [2.24, 2.45) is 0 Å². The van der Waals surface area contributed by atoms with Crippen molar-refractivity contribution in [2.75, 3.05) is 57.7 Å². The van der Waals surface area contributed by atoms with Crippen molar-refractivity contribution in [3.63, 3.8) is 0 Å². The van der Waals surface area contributed by atoms with E-state index in [0.717, 1.165) is 22.4 Å². The summed E-state index contributed by atoms with van der Waals surface area (Å²) in [5.41, 5.74) is 2.49. The molecule has 2 heterocycles. The average molecular weight is 638 g/mol. The molecule has 0 bridgehead atoms. The molecular weight excluding hydrogens is 603 g/mol. The molecular formula is C29H34F3N5O6S. The molecule has 0 spiro atoms. The molecule has 238 valence electrons. The first kappa shape index (κ1) is 32.8. The van der Waals surface area contributed by atoms with Crippen LogP contribution in [0.3, 0.4) is 0 Å². The Bertz CT molecular complexity index is 1520. The van der Waals surface area contributed by atoms with Crippen LogP contribution in [0.4, 0.5) is 19.0 Å². The quantitative estimate of drug-likeness (QED) is 0.313. The number of piperazine rings is 1. The minimum Gasteiger partial charge on any atom is -0.496 e. The zero-order valence-corrected chi connectivity index (χ0v) is 25.4. The lowest BCUT2D eigenvalue weighted by Crippen LogP contribution is -2.46. The van der Waals surface area contributed by atoms with Crippen molar-refractivity contribution in [1.82, 2.24) is 19.8 Å². The number of amides is 1. The van der Waals surface area contributed by atoms with E-state index in [1.54, 1.807) is 18.9 Å². The van der Waals surface area contributed by atoms with Gasteiger partial charge in [0.25, 0.3) is 5.91 Å². The molecule has 1 amide bonds. The fourth-order valence-corrected chi connectivity index (χ4v) is 5.70. The van der Waals surface area contributed by atoms with Crippen molar-refractivity contribution in [1.29, 1.82) is 0 Å². The van der Waals surface area contributed by atoms with Crippen LogP contribution in [-0.4, -0.2) is 88.4 Å². The van der Waals surface area contributed by atoms with Crippen molar-refractivity contribution in [3.8, 4) is 28.4 Å². The van der Waals surface area contributed by atoms with Gasteiger partial charge >= 0.3 is 6.18 Å². The van der Waals surface area contributed by atoms with Crippen LogP contribution in [0.1, 0.15) is 29.4 Å². The molecule has 1 fully saturated rings. The van der Waals surface area contributed by atoms with Gasteiger partial charge in [-0.3, -0.25) is 9.69 Å². The van der Waals surface area contributed by atoms with Crippen molar-refractivity contribution >= 4 is 21.7 Å². The molecule has 1 aromatic heterocycles. The second kappa shape index (κ2) is 14.1. The van der Waals surface area contributed by atoms with Crippen LogP contribution in [0.2, 0.25) is 0 Å². The van der Waals surface area contributed by atoms with Crippen molar-refractivity contribution < 1.29 is 40.6 Å². The molecule has 0 atom stereocenters. The molecule has 0 saturated carbocycles. The number of anilines is 1. The maximum Gasteiger partial charge on any atom is 0.390 e. The maximum absolute atomic E-state index is 12.4. The monoisotopic (exact) mass is 637 g/mol. The smallest absolute Gasteiger partial charge is 0.390 e. The van der Waals surface area contributed by atoms with E-state index >= 15 is 0 Å². The fraction of sp³-hybridized carbons (Fsp3) is 0.414. The zero-order valence-electron chi connectivity index (χ0n) is 24.6. The Hall–Kier alpha value is -4.11. The fourth-order valence-electron chi connectivity index (χ4n) is 4.71. The Morgan fingerprint density at radius 3 is 2.20 bits per heavy atom. The summed E-state index contributed by atoms with van der Waals surface area (Å²) in [6, 6.07) is 14.6. The third-order valence-corrected chi connectivity index (χ3v) is 8.19. The maximum atomic E-state index is 12.4. The van der Waals surface area contributed by atoms with Gasteiger partial charge in [0.05, 0.1) is 38.6 Å². The van der Waals surface area contributed by atoms with Crippen LogP contribution in [-0.2, 0) is 16.6 Å². The van der Waals surface area contributed by atoms with E-state index in [2.05, 4.69) is 15.1 Å². The lowest BCUT2D eigenvalue weighted by atomic mass is 10.0. The summed E-state index contributed by atoms with van der Waals surface area (Å²) in [5, 5.41) is 7.81. The number of carbonyl (C=O) groups is 1. The number of hydrogen-bond acceptors (Lipinski definition) is 10. The molecule has 1 aliphatic rings. The van der Waals surface area contributed by atoms with Gasteiger partial charge in [0.15, 0.2) is 11.5 Å². The number of methoxy groups -OCH3 is 2. The SMILES string of the molecule is CCOc1cccc(-c2cc(OC)c(CN3CCN(c4ccc(C(=O)NS(=O)(=O)CCC(F)(F)F)nn4)CC3)c(OC)c2)c1. The lowest BCUT2D eigenvalue weighted by molar-refractivity contribution is -0.130. The summed E-state index contributed by atoms with van der Waals surface area (Å²) >= 11 is 0. The highest BCUT2D eigenvalue weighted by molar-refractivity contribution is 7.90. The van der Waals surface area contributed by atoms with Gasteiger partial charge in [-0.25, -0.2) is 13.1 Å². The lowest BCUT2D eigenvalue weighted by Gasteiger charge is -2.35. The average Bonchev–Trinajstić information content (AvgIpc) is 3.00. The van der Waals surface area contributed by atoms with E-state index in [0.29, 0.717) is 56.6 Å². The van der Waals surface area contributed by atoms with E-state index in [9.17, 15) is 26.4 Å². The summed E-state index contributed by atoms with van der Waals surface area (Å²) in [6.07, 6.45) is -6.23. The first-order valence-corrected chi connectivity index (χ1v) is 15.5. The largest absolute Gasteiger partial charge is 0.496 e. The summed E-state index contributed by atoms with van der Waals surface area (Å²) in [7, 11) is -1.24. The van der Waals surface area contributed by atoms with Crippen LogP contribution in [0, 0.1) is 0 Å². The van der Waals surface area contributed by atoms with E-state index in [4.69, 9.17) is 14.2 Å². The summed E-state index contributed by atoms with van der Waals surface area (Å²) in [6.45, 7) is 5.62. The Balaban J connectivity index is 1.38. The molecule has 1 N–H and O–H groups in total. The van der Waals surface area contributed by atoms with Gasteiger partial charge in [-0.2, -0.15) is 13.2 Å². The molecule has 3 aromatic rings. The van der Waals surface area contributed by atoms with Gasteiger partial charge in [0.1, 0.15) is 17.2 Å². The number of hydrogen-bond donors (Lipinski definition) is 1. The molecule has 1 saturated heterocycles. The third kappa shape index (κ3) is 8.72. The minimum absolute atomic E-state index is 0.324. The van der Waals surface area contributed by atoms with Crippen LogP contribution in [0.5, 0.6) is 17.2 Å². The highest BCUT2D eigenvalue weighted by Gasteiger charge is 2.31. The molecule has 0 aliphatic carbocycles. The van der Waals surface area contributed by atoms with Crippen LogP contribution >= 0.6 is 0 Å². The van der Waals surface area contributed by atoms with Gasteiger partial charge in [-0.1, -0.05) is 12.1 Å².